The molecule has 2 heterocycles. The summed E-state index contributed by atoms with van der Waals surface area (Å²) in [6.45, 7) is 5.18. The van der Waals surface area contributed by atoms with Gasteiger partial charge in [0.25, 0.3) is 0 Å². The molecule has 2 atom stereocenters. The van der Waals surface area contributed by atoms with Gasteiger partial charge >= 0.3 is 0 Å². The fraction of sp³-hybridized carbons (Fsp3) is 1.00. The van der Waals surface area contributed by atoms with Crippen LogP contribution < -0.4 is 5.73 Å². The van der Waals surface area contributed by atoms with Crippen LogP contribution in [-0.2, 0) is 4.74 Å². The van der Waals surface area contributed by atoms with Crippen molar-refractivity contribution in [3.05, 3.63) is 0 Å². The van der Waals surface area contributed by atoms with Crippen LogP contribution in [0.4, 0.5) is 0 Å². The van der Waals surface area contributed by atoms with Gasteiger partial charge in [-0.05, 0) is 44.7 Å². The molecule has 2 aliphatic heterocycles. The van der Waals surface area contributed by atoms with Gasteiger partial charge in [-0.3, -0.25) is 4.90 Å². The molecule has 2 fully saturated rings. The standard InChI is InChI=1S/C14H28N2O/c15-11-14(13-7-6-10-17-12-13)16-8-4-2-1-3-5-9-16/h13-14H,1-12,15H2. The Kier molecular flexibility index (Phi) is 5.75. The van der Waals surface area contributed by atoms with Crippen LogP contribution in [0.1, 0.15) is 44.9 Å². The molecule has 3 heteroatoms. The molecule has 0 radical (unpaired) electrons. The highest BCUT2D eigenvalue weighted by atomic mass is 16.5. The summed E-state index contributed by atoms with van der Waals surface area (Å²) in [4.78, 5) is 2.65. The van der Waals surface area contributed by atoms with E-state index in [0.717, 1.165) is 19.8 Å². The van der Waals surface area contributed by atoms with Gasteiger partial charge in [0.1, 0.15) is 0 Å². The molecule has 2 unspecified atom stereocenters. The summed E-state index contributed by atoms with van der Waals surface area (Å²) in [6, 6.07) is 0.563. The van der Waals surface area contributed by atoms with Crippen molar-refractivity contribution in [2.24, 2.45) is 11.7 Å². The van der Waals surface area contributed by atoms with Crippen LogP contribution in [0.25, 0.3) is 0 Å². The van der Waals surface area contributed by atoms with Crippen LogP contribution in [0.3, 0.4) is 0 Å². The summed E-state index contributed by atoms with van der Waals surface area (Å²) in [7, 11) is 0. The highest BCUT2D eigenvalue weighted by Crippen LogP contribution is 2.23. The zero-order valence-electron chi connectivity index (χ0n) is 11.1. The Morgan fingerprint density at radius 2 is 1.76 bits per heavy atom. The number of likely N-dealkylation sites (tertiary alicyclic amines) is 1. The number of hydrogen-bond donors (Lipinski definition) is 1. The van der Waals surface area contributed by atoms with Crippen molar-refractivity contribution in [2.45, 2.75) is 51.0 Å². The van der Waals surface area contributed by atoms with E-state index in [9.17, 15) is 0 Å². The van der Waals surface area contributed by atoms with E-state index in [-0.39, 0.29) is 0 Å². The van der Waals surface area contributed by atoms with Crippen LogP contribution in [0.5, 0.6) is 0 Å². The van der Waals surface area contributed by atoms with Crippen molar-refractivity contribution in [2.75, 3.05) is 32.8 Å². The molecule has 0 saturated carbocycles. The maximum atomic E-state index is 6.03. The lowest BCUT2D eigenvalue weighted by molar-refractivity contribution is 0.00928. The molecule has 0 aromatic heterocycles. The van der Waals surface area contributed by atoms with Crippen molar-refractivity contribution >= 4 is 0 Å². The number of rotatable bonds is 3. The maximum Gasteiger partial charge on any atom is 0.0509 e. The Morgan fingerprint density at radius 3 is 2.35 bits per heavy atom. The lowest BCUT2D eigenvalue weighted by atomic mass is 9.91. The molecule has 2 saturated heterocycles. The van der Waals surface area contributed by atoms with Crippen molar-refractivity contribution in [3.63, 3.8) is 0 Å². The first-order chi connectivity index (χ1) is 8.42. The minimum atomic E-state index is 0.563. The molecule has 0 aliphatic carbocycles. The molecule has 2 N–H and O–H groups in total. The normalized spacial score (nSPS) is 30.5. The number of ether oxygens (including phenoxy) is 1. The Hall–Kier alpha value is -0.120. The van der Waals surface area contributed by atoms with Gasteiger partial charge in [-0.15, -0.1) is 0 Å². The smallest absolute Gasteiger partial charge is 0.0509 e. The van der Waals surface area contributed by atoms with E-state index >= 15 is 0 Å². The summed E-state index contributed by atoms with van der Waals surface area (Å²) < 4.78 is 5.63. The van der Waals surface area contributed by atoms with Crippen molar-refractivity contribution < 1.29 is 4.74 Å². The van der Waals surface area contributed by atoms with Gasteiger partial charge in [-0.25, -0.2) is 0 Å². The second kappa shape index (κ2) is 7.34. The van der Waals surface area contributed by atoms with Crippen LogP contribution in [-0.4, -0.2) is 43.8 Å². The van der Waals surface area contributed by atoms with E-state index in [2.05, 4.69) is 4.90 Å². The van der Waals surface area contributed by atoms with E-state index in [0.29, 0.717) is 12.0 Å². The summed E-state index contributed by atoms with van der Waals surface area (Å²) >= 11 is 0. The Morgan fingerprint density at radius 1 is 1.06 bits per heavy atom. The molecule has 3 nitrogen and oxygen atoms in total. The topological polar surface area (TPSA) is 38.5 Å². The summed E-state index contributed by atoms with van der Waals surface area (Å²) in [5, 5.41) is 0. The molecular formula is C14H28N2O. The Labute approximate surface area is 106 Å². The molecule has 2 aliphatic rings. The van der Waals surface area contributed by atoms with Gasteiger partial charge in [-0.2, -0.15) is 0 Å². The van der Waals surface area contributed by atoms with E-state index in [1.54, 1.807) is 0 Å². The van der Waals surface area contributed by atoms with Crippen LogP contribution in [0.15, 0.2) is 0 Å². The lowest BCUT2D eigenvalue weighted by Crippen LogP contribution is -2.49. The van der Waals surface area contributed by atoms with Gasteiger partial charge in [0.05, 0.1) is 6.61 Å². The third-order valence-electron chi connectivity index (χ3n) is 4.34. The minimum absolute atomic E-state index is 0.563. The fourth-order valence-electron chi connectivity index (χ4n) is 3.31. The van der Waals surface area contributed by atoms with Gasteiger partial charge in [0.15, 0.2) is 0 Å². The SMILES string of the molecule is NCC(C1CCCOC1)N1CCCCCCC1. The van der Waals surface area contributed by atoms with Gasteiger partial charge in [-0.1, -0.05) is 19.3 Å². The molecule has 17 heavy (non-hydrogen) atoms. The highest BCUT2D eigenvalue weighted by molar-refractivity contribution is 4.82. The predicted molar refractivity (Wildman–Crippen MR) is 71.0 cm³/mol. The van der Waals surface area contributed by atoms with E-state index < -0.39 is 0 Å². The molecular weight excluding hydrogens is 212 g/mol. The lowest BCUT2D eigenvalue weighted by Gasteiger charge is -2.38. The minimum Gasteiger partial charge on any atom is -0.381 e. The zero-order chi connectivity index (χ0) is 11.9. The molecule has 0 spiro atoms. The van der Waals surface area contributed by atoms with Crippen molar-refractivity contribution in [1.82, 2.24) is 4.90 Å². The molecule has 0 amide bonds. The summed E-state index contributed by atoms with van der Waals surface area (Å²) in [5.74, 6) is 0.674. The third kappa shape index (κ3) is 3.94. The summed E-state index contributed by atoms with van der Waals surface area (Å²) in [6.07, 6.45) is 9.44. The molecule has 2 rings (SSSR count). The van der Waals surface area contributed by atoms with Gasteiger partial charge in [0.2, 0.25) is 0 Å². The zero-order valence-corrected chi connectivity index (χ0v) is 11.1. The average Bonchev–Trinajstić information content (AvgIpc) is 2.34. The highest BCUT2D eigenvalue weighted by Gasteiger charge is 2.28. The van der Waals surface area contributed by atoms with E-state index in [4.69, 9.17) is 10.5 Å². The molecule has 0 aromatic carbocycles. The second-order valence-electron chi connectivity index (χ2n) is 5.58. The quantitative estimate of drug-likeness (QED) is 0.820. The first-order valence-electron chi connectivity index (χ1n) is 7.43. The largest absolute Gasteiger partial charge is 0.381 e. The Bertz CT molecular complexity index is 196. The second-order valence-corrected chi connectivity index (χ2v) is 5.58. The first kappa shape index (κ1) is 13.3. The van der Waals surface area contributed by atoms with E-state index in [1.807, 2.05) is 0 Å². The van der Waals surface area contributed by atoms with Crippen molar-refractivity contribution in [1.29, 1.82) is 0 Å². The predicted octanol–water partition coefficient (Wildman–Crippen LogP) is 2.01. The fourth-order valence-corrected chi connectivity index (χ4v) is 3.31. The van der Waals surface area contributed by atoms with Crippen molar-refractivity contribution in [3.8, 4) is 0 Å². The maximum absolute atomic E-state index is 6.03. The average molecular weight is 240 g/mol. The number of hydrogen-bond acceptors (Lipinski definition) is 3. The third-order valence-corrected chi connectivity index (χ3v) is 4.34. The van der Waals surface area contributed by atoms with Crippen LogP contribution in [0, 0.1) is 5.92 Å². The van der Waals surface area contributed by atoms with Crippen LogP contribution in [0.2, 0.25) is 0 Å². The first-order valence-corrected chi connectivity index (χ1v) is 7.43. The van der Waals surface area contributed by atoms with Gasteiger partial charge < -0.3 is 10.5 Å². The van der Waals surface area contributed by atoms with E-state index in [1.165, 1.54) is 58.0 Å². The Balaban J connectivity index is 1.89. The molecule has 0 bridgehead atoms. The number of nitrogens with two attached hydrogens (primary N) is 1. The molecule has 0 aromatic rings. The monoisotopic (exact) mass is 240 g/mol. The summed E-state index contributed by atoms with van der Waals surface area (Å²) in [5.41, 5.74) is 6.03. The van der Waals surface area contributed by atoms with Crippen LogP contribution >= 0.6 is 0 Å². The number of nitrogens with zero attached hydrogens (tertiary/aromatic N) is 1. The van der Waals surface area contributed by atoms with Gasteiger partial charge in [0, 0.05) is 19.2 Å². The molecule has 100 valence electrons.